The van der Waals surface area contributed by atoms with E-state index in [1.165, 1.54) is 5.56 Å². The van der Waals surface area contributed by atoms with Gasteiger partial charge in [-0.15, -0.1) is 0 Å². The van der Waals surface area contributed by atoms with Crippen molar-refractivity contribution in [2.45, 2.75) is 38.3 Å². The van der Waals surface area contributed by atoms with Crippen molar-refractivity contribution in [3.8, 4) is 0 Å². The van der Waals surface area contributed by atoms with Crippen LogP contribution in [0.2, 0.25) is 0 Å². The Labute approximate surface area is 171 Å². The maximum absolute atomic E-state index is 12.1. The van der Waals surface area contributed by atoms with Crippen LogP contribution in [-0.2, 0) is 24.1 Å². The number of nitrogens with one attached hydrogen (secondary N) is 2. The van der Waals surface area contributed by atoms with Gasteiger partial charge in [-0.05, 0) is 37.0 Å². The van der Waals surface area contributed by atoms with Crippen LogP contribution in [-0.4, -0.2) is 41.4 Å². The molecule has 0 spiro atoms. The Morgan fingerprint density at radius 3 is 2.72 bits per heavy atom. The van der Waals surface area contributed by atoms with Gasteiger partial charge in [0.25, 0.3) is 0 Å². The van der Waals surface area contributed by atoms with E-state index in [1.54, 1.807) is 0 Å². The van der Waals surface area contributed by atoms with Crippen LogP contribution in [0, 0.1) is 0 Å². The topological polar surface area (TPSA) is 68.2 Å². The number of nitrogens with zero attached hydrogens (tertiary/aromatic N) is 2. The van der Waals surface area contributed by atoms with E-state index in [0.717, 1.165) is 49.1 Å². The molecule has 6 nitrogen and oxygen atoms in total. The fourth-order valence-corrected chi connectivity index (χ4v) is 3.82. The number of rotatable bonds is 8. The molecule has 1 aliphatic heterocycles. The van der Waals surface area contributed by atoms with Gasteiger partial charge in [-0.3, -0.25) is 0 Å². The zero-order chi connectivity index (χ0) is 19.9. The highest BCUT2D eigenvalue weighted by atomic mass is 16.5. The summed E-state index contributed by atoms with van der Waals surface area (Å²) in [6, 6.07) is 18.5. The summed E-state index contributed by atoms with van der Waals surface area (Å²) in [5.74, 6) is 1.05. The lowest BCUT2D eigenvalue weighted by Gasteiger charge is -2.13. The molecule has 1 atom stereocenters. The first-order chi connectivity index (χ1) is 14.3. The van der Waals surface area contributed by atoms with Gasteiger partial charge in [0.2, 0.25) is 0 Å². The quantitative estimate of drug-likeness (QED) is 0.618. The van der Waals surface area contributed by atoms with E-state index in [4.69, 9.17) is 9.72 Å². The molecule has 152 valence electrons. The summed E-state index contributed by atoms with van der Waals surface area (Å²) < 4.78 is 7.76. The van der Waals surface area contributed by atoms with E-state index >= 15 is 0 Å². The minimum Gasteiger partial charge on any atom is -0.376 e. The molecule has 29 heavy (non-hydrogen) atoms. The van der Waals surface area contributed by atoms with Gasteiger partial charge in [-0.1, -0.05) is 42.5 Å². The molecule has 1 unspecified atom stereocenters. The number of hydrogen-bond acceptors (Lipinski definition) is 3. The summed E-state index contributed by atoms with van der Waals surface area (Å²) in [7, 11) is 0. The van der Waals surface area contributed by atoms with Crippen LogP contribution < -0.4 is 10.6 Å². The number of benzene rings is 2. The Morgan fingerprint density at radius 2 is 1.90 bits per heavy atom. The van der Waals surface area contributed by atoms with Gasteiger partial charge in [0.05, 0.1) is 17.1 Å². The van der Waals surface area contributed by atoms with Crippen molar-refractivity contribution < 1.29 is 9.53 Å². The molecule has 2 N–H and O–H groups in total. The second kappa shape index (κ2) is 9.56. The van der Waals surface area contributed by atoms with E-state index < -0.39 is 0 Å². The van der Waals surface area contributed by atoms with Crippen molar-refractivity contribution in [2.24, 2.45) is 0 Å². The first kappa shape index (κ1) is 19.5. The standard InChI is InChI=1S/C23H28N4O2/c28-23(25-17-19-9-6-16-29-19)24-14-15-27-21-11-5-4-10-20(21)26-22(27)13-12-18-7-2-1-3-8-18/h1-5,7-8,10-11,19H,6,9,12-17H2,(H2,24,25,28). The van der Waals surface area contributed by atoms with Crippen LogP contribution in [0.3, 0.4) is 0 Å². The fraction of sp³-hybridized carbons (Fsp3) is 0.391. The third-order valence-corrected chi connectivity index (χ3v) is 5.35. The minimum atomic E-state index is -0.143. The van der Waals surface area contributed by atoms with Crippen LogP contribution in [0.5, 0.6) is 0 Å². The summed E-state index contributed by atoms with van der Waals surface area (Å²) in [5, 5.41) is 5.86. The zero-order valence-electron chi connectivity index (χ0n) is 16.6. The van der Waals surface area contributed by atoms with Gasteiger partial charge in [-0.2, -0.15) is 0 Å². The number of carbonyl (C=O) groups excluding carboxylic acids is 1. The van der Waals surface area contributed by atoms with Crippen LogP contribution >= 0.6 is 0 Å². The number of imidazole rings is 1. The number of hydrogen-bond donors (Lipinski definition) is 2. The Bertz CT molecular complexity index is 932. The highest BCUT2D eigenvalue weighted by molar-refractivity contribution is 5.76. The Hall–Kier alpha value is -2.86. The van der Waals surface area contributed by atoms with Gasteiger partial charge in [0.1, 0.15) is 5.82 Å². The summed E-state index contributed by atoms with van der Waals surface area (Å²) in [4.78, 5) is 16.9. The number of para-hydroxylation sites is 2. The SMILES string of the molecule is O=C(NCCn1c(CCc2ccccc2)nc2ccccc21)NCC1CCCO1. The van der Waals surface area contributed by atoms with Crippen molar-refractivity contribution in [1.82, 2.24) is 20.2 Å². The molecule has 6 heteroatoms. The number of urea groups is 1. The smallest absolute Gasteiger partial charge is 0.314 e. The van der Waals surface area contributed by atoms with Crippen molar-refractivity contribution in [1.29, 1.82) is 0 Å². The Balaban J connectivity index is 1.35. The van der Waals surface area contributed by atoms with Crippen molar-refractivity contribution in [2.75, 3.05) is 19.7 Å². The number of aromatic nitrogens is 2. The molecule has 0 bridgehead atoms. The summed E-state index contributed by atoms with van der Waals surface area (Å²) in [6.45, 7) is 2.61. The maximum atomic E-state index is 12.1. The molecule has 1 aliphatic rings. The van der Waals surface area contributed by atoms with Crippen LogP contribution in [0.15, 0.2) is 54.6 Å². The molecule has 2 amide bonds. The third-order valence-electron chi connectivity index (χ3n) is 5.35. The fourth-order valence-electron chi connectivity index (χ4n) is 3.82. The molecule has 1 aromatic heterocycles. The zero-order valence-corrected chi connectivity index (χ0v) is 16.6. The van der Waals surface area contributed by atoms with Crippen molar-refractivity contribution in [3.63, 3.8) is 0 Å². The predicted octanol–water partition coefficient (Wildman–Crippen LogP) is 3.30. The highest BCUT2D eigenvalue weighted by Gasteiger charge is 2.16. The maximum Gasteiger partial charge on any atom is 0.314 e. The van der Waals surface area contributed by atoms with E-state index in [2.05, 4.69) is 45.5 Å². The Morgan fingerprint density at radius 1 is 1.07 bits per heavy atom. The van der Waals surface area contributed by atoms with Crippen LogP contribution in [0.1, 0.15) is 24.2 Å². The first-order valence-electron chi connectivity index (χ1n) is 10.4. The number of fused-ring (bicyclic) bond motifs is 1. The molecule has 0 radical (unpaired) electrons. The molecular formula is C23H28N4O2. The molecule has 1 fully saturated rings. The number of aryl methyl sites for hydroxylation is 2. The largest absolute Gasteiger partial charge is 0.376 e. The average Bonchev–Trinajstić information content (AvgIpc) is 3.40. The number of carbonyl (C=O) groups is 1. The highest BCUT2D eigenvalue weighted by Crippen LogP contribution is 2.17. The monoisotopic (exact) mass is 392 g/mol. The molecule has 4 rings (SSSR count). The molecule has 3 aromatic rings. The van der Waals surface area contributed by atoms with Gasteiger partial charge in [0.15, 0.2) is 0 Å². The van der Waals surface area contributed by atoms with E-state index in [9.17, 15) is 4.79 Å². The second-order valence-electron chi connectivity index (χ2n) is 7.43. The average molecular weight is 393 g/mol. The molecule has 2 aromatic carbocycles. The summed E-state index contributed by atoms with van der Waals surface area (Å²) in [6.07, 6.45) is 4.06. The molecule has 1 saturated heterocycles. The molecule has 2 heterocycles. The lowest BCUT2D eigenvalue weighted by molar-refractivity contribution is 0.111. The normalized spacial score (nSPS) is 16.2. The van der Waals surface area contributed by atoms with Crippen LogP contribution in [0.25, 0.3) is 11.0 Å². The van der Waals surface area contributed by atoms with E-state index in [0.29, 0.717) is 19.6 Å². The van der Waals surface area contributed by atoms with Crippen molar-refractivity contribution in [3.05, 3.63) is 66.0 Å². The first-order valence-corrected chi connectivity index (χ1v) is 10.4. The second-order valence-corrected chi connectivity index (χ2v) is 7.43. The van der Waals surface area contributed by atoms with Crippen molar-refractivity contribution >= 4 is 17.1 Å². The van der Waals surface area contributed by atoms with Gasteiger partial charge in [-0.25, -0.2) is 9.78 Å². The third kappa shape index (κ3) is 5.15. The number of amides is 2. The predicted molar refractivity (Wildman–Crippen MR) is 114 cm³/mol. The lowest BCUT2D eigenvalue weighted by Crippen LogP contribution is -2.40. The molecular weight excluding hydrogens is 364 g/mol. The number of ether oxygens (including phenoxy) is 1. The summed E-state index contributed by atoms with van der Waals surface area (Å²) in [5.41, 5.74) is 3.41. The molecule has 0 saturated carbocycles. The summed E-state index contributed by atoms with van der Waals surface area (Å²) >= 11 is 0. The minimum absolute atomic E-state index is 0.143. The van der Waals surface area contributed by atoms with Gasteiger partial charge in [0, 0.05) is 32.7 Å². The van der Waals surface area contributed by atoms with Crippen LogP contribution in [0.4, 0.5) is 4.79 Å². The lowest BCUT2D eigenvalue weighted by atomic mass is 10.1. The Kier molecular flexibility index (Phi) is 6.42. The van der Waals surface area contributed by atoms with Gasteiger partial charge >= 0.3 is 6.03 Å². The molecule has 0 aliphatic carbocycles. The van der Waals surface area contributed by atoms with E-state index in [1.807, 2.05) is 24.3 Å². The van der Waals surface area contributed by atoms with E-state index in [-0.39, 0.29) is 12.1 Å². The van der Waals surface area contributed by atoms with Gasteiger partial charge < -0.3 is 19.9 Å².